The maximum absolute atomic E-state index is 12.3. The van der Waals surface area contributed by atoms with E-state index in [2.05, 4.69) is 10.4 Å². The Balaban J connectivity index is 2.44. The van der Waals surface area contributed by atoms with Gasteiger partial charge >= 0.3 is 0 Å². The number of aryl methyl sites for hydroxylation is 1. The second-order valence-corrected chi connectivity index (χ2v) is 6.40. The molecule has 118 valence electrons. The fraction of sp³-hybridized carbons (Fsp3) is 0.412. The number of carbonyl (C=O) groups is 1. The molecule has 22 heavy (non-hydrogen) atoms. The number of hydrogen-bond donors (Lipinski definition) is 2. The summed E-state index contributed by atoms with van der Waals surface area (Å²) in [4.78, 5) is 12.3. The molecule has 2 rings (SSSR count). The maximum Gasteiger partial charge on any atom is 0.254 e. The summed E-state index contributed by atoms with van der Waals surface area (Å²) in [6, 6.07) is 7.98. The monoisotopic (exact) mass is 301 g/mol. The minimum atomic E-state index is -0.248. The molecule has 0 aliphatic carbocycles. The molecule has 5 heteroatoms. The molecule has 0 saturated heterocycles. The van der Waals surface area contributed by atoms with Gasteiger partial charge in [0.05, 0.1) is 23.6 Å². The Morgan fingerprint density at radius 1 is 1.27 bits per heavy atom. The van der Waals surface area contributed by atoms with Gasteiger partial charge in [0.2, 0.25) is 0 Å². The molecular formula is C17H23N3O2. The summed E-state index contributed by atoms with van der Waals surface area (Å²) < 4.78 is 1.73. The summed E-state index contributed by atoms with van der Waals surface area (Å²) in [5.41, 5.74) is 3.12. The fourth-order valence-electron chi connectivity index (χ4n) is 2.19. The molecule has 0 saturated carbocycles. The molecule has 5 nitrogen and oxygen atoms in total. The predicted molar refractivity (Wildman–Crippen MR) is 86.4 cm³/mol. The number of rotatable bonds is 4. The van der Waals surface area contributed by atoms with Crippen molar-refractivity contribution in [2.24, 2.45) is 0 Å². The van der Waals surface area contributed by atoms with Crippen molar-refractivity contribution in [1.82, 2.24) is 15.1 Å². The normalized spacial score (nSPS) is 11.5. The zero-order valence-corrected chi connectivity index (χ0v) is 13.6. The number of nitrogens with one attached hydrogen (secondary N) is 1. The third-order valence-corrected chi connectivity index (χ3v) is 3.37. The zero-order valence-electron chi connectivity index (χ0n) is 13.6. The molecule has 0 aliphatic rings. The Kier molecular flexibility index (Phi) is 4.66. The van der Waals surface area contributed by atoms with E-state index < -0.39 is 0 Å². The molecule has 2 N–H and O–H groups in total. The lowest BCUT2D eigenvalue weighted by molar-refractivity contribution is 0.0942. The van der Waals surface area contributed by atoms with E-state index in [1.807, 2.05) is 52.0 Å². The van der Waals surface area contributed by atoms with Crippen LogP contribution in [0.4, 0.5) is 0 Å². The molecule has 1 aromatic carbocycles. The quantitative estimate of drug-likeness (QED) is 0.910. The average Bonchev–Trinajstić information content (AvgIpc) is 2.91. The first-order valence-electron chi connectivity index (χ1n) is 7.39. The first-order chi connectivity index (χ1) is 10.3. The van der Waals surface area contributed by atoms with E-state index >= 15 is 0 Å². The number of hydrogen-bond acceptors (Lipinski definition) is 3. The number of aliphatic hydroxyl groups is 1. The molecule has 0 bridgehead atoms. The smallest absolute Gasteiger partial charge is 0.254 e. The van der Waals surface area contributed by atoms with Crippen LogP contribution in [0.3, 0.4) is 0 Å². The molecular weight excluding hydrogens is 278 g/mol. The largest absolute Gasteiger partial charge is 0.395 e. The highest BCUT2D eigenvalue weighted by Gasteiger charge is 2.26. The summed E-state index contributed by atoms with van der Waals surface area (Å²) in [6.45, 7) is 8.26. The van der Waals surface area contributed by atoms with Gasteiger partial charge in [-0.15, -0.1) is 0 Å². The lowest BCUT2D eigenvalue weighted by Gasteiger charge is -2.17. The molecule has 0 fully saturated rings. The Labute approximate surface area is 131 Å². The maximum atomic E-state index is 12.3. The van der Waals surface area contributed by atoms with Crippen molar-refractivity contribution >= 4 is 5.91 Å². The van der Waals surface area contributed by atoms with Crippen molar-refractivity contribution in [2.45, 2.75) is 33.1 Å². The average molecular weight is 301 g/mol. The van der Waals surface area contributed by atoms with Crippen LogP contribution in [0.2, 0.25) is 0 Å². The van der Waals surface area contributed by atoms with Crippen molar-refractivity contribution < 1.29 is 9.90 Å². The van der Waals surface area contributed by atoms with Crippen molar-refractivity contribution in [3.8, 4) is 5.69 Å². The summed E-state index contributed by atoms with van der Waals surface area (Å²) in [6.07, 6.45) is 1.75. The second kappa shape index (κ2) is 6.32. The minimum absolute atomic E-state index is 0.0807. The van der Waals surface area contributed by atoms with Crippen LogP contribution in [-0.4, -0.2) is 33.9 Å². The van der Waals surface area contributed by atoms with Crippen LogP contribution in [-0.2, 0) is 5.41 Å². The SMILES string of the molecule is Cc1ccc(-n2cc(C(=O)NCCO)c(C(C)(C)C)n2)cc1. The topological polar surface area (TPSA) is 67.2 Å². The van der Waals surface area contributed by atoms with Gasteiger partial charge in [-0.3, -0.25) is 4.79 Å². The van der Waals surface area contributed by atoms with E-state index in [0.717, 1.165) is 11.4 Å². The van der Waals surface area contributed by atoms with Gasteiger partial charge in [-0.25, -0.2) is 4.68 Å². The van der Waals surface area contributed by atoms with Crippen LogP contribution in [0.5, 0.6) is 0 Å². The van der Waals surface area contributed by atoms with Crippen LogP contribution in [0.15, 0.2) is 30.5 Å². The molecule has 0 unspecified atom stereocenters. The van der Waals surface area contributed by atoms with Crippen LogP contribution in [0, 0.1) is 6.92 Å². The number of aliphatic hydroxyl groups excluding tert-OH is 1. The van der Waals surface area contributed by atoms with Crippen LogP contribution >= 0.6 is 0 Å². The van der Waals surface area contributed by atoms with Gasteiger partial charge in [0.1, 0.15) is 0 Å². The second-order valence-electron chi connectivity index (χ2n) is 6.40. The van der Waals surface area contributed by atoms with Crippen molar-refractivity contribution in [3.63, 3.8) is 0 Å². The highest BCUT2D eigenvalue weighted by molar-refractivity contribution is 5.95. The van der Waals surface area contributed by atoms with Crippen LogP contribution < -0.4 is 5.32 Å². The zero-order chi connectivity index (χ0) is 16.3. The Morgan fingerprint density at radius 3 is 2.45 bits per heavy atom. The summed E-state index contributed by atoms with van der Waals surface area (Å²) in [5, 5.41) is 16.2. The van der Waals surface area contributed by atoms with E-state index in [-0.39, 0.29) is 24.5 Å². The number of benzene rings is 1. The Morgan fingerprint density at radius 2 is 1.91 bits per heavy atom. The van der Waals surface area contributed by atoms with Gasteiger partial charge in [-0.2, -0.15) is 5.10 Å². The molecule has 1 aromatic heterocycles. The highest BCUT2D eigenvalue weighted by atomic mass is 16.3. The van der Waals surface area contributed by atoms with Crippen molar-refractivity contribution in [1.29, 1.82) is 0 Å². The van der Waals surface area contributed by atoms with E-state index in [4.69, 9.17) is 5.11 Å². The molecule has 2 aromatic rings. The number of carbonyl (C=O) groups excluding carboxylic acids is 1. The van der Waals surface area contributed by atoms with Crippen molar-refractivity contribution in [2.75, 3.05) is 13.2 Å². The van der Waals surface area contributed by atoms with Crippen LogP contribution in [0.1, 0.15) is 42.4 Å². The number of nitrogens with zero attached hydrogens (tertiary/aromatic N) is 2. The summed E-state index contributed by atoms with van der Waals surface area (Å²) in [5.74, 6) is -0.211. The molecule has 0 atom stereocenters. The fourth-order valence-corrected chi connectivity index (χ4v) is 2.19. The van der Waals surface area contributed by atoms with E-state index in [1.165, 1.54) is 5.56 Å². The standard InChI is InChI=1S/C17H23N3O2/c1-12-5-7-13(8-6-12)20-11-14(16(22)18-9-10-21)15(19-20)17(2,3)4/h5-8,11,21H,9-10H2,1-4H3,(H,18,22). The van der Waals surface area contributed by atoms with Gasteiger partial charge in [-0.05, 0) is 19.1 Å². The molecule has 1 heterocycles. The van der Waals surface area contributed by atoms with E-state index in [0.29, 0.717) is 5.56 Å². The molecule has 1 amide bonds. The first kappa shape index (κ1) is 16.2. The first-order valence-corrected chi connectivity index (χ1v) is 7.39. The lowest BCUT2D eigenvalue weighted by Crippen LogP contribution is -2.28. The third kappa shape index (κ3) is 3.54. The summed E-state index contributed by atoms with van der Waals surface area (Å²) >= 11 is 0. The molecule has 0 aliphatic heterocycles. The van der Waals surface area contributed by atoms with Gasteiger partial charge in [0, 0.05) is 18.2 Å². The van der Waals surface area contributed by atoms with Crippen LogP contribution in [0.25, 0.3) is 5.69 Å². The van der Waals surface area contributed by atoms with Gasteiger partial charge in [0.15, 0.2) is 0 Å². The third-order valence-electron chi connectivity index (χ3n) is 3.37. The molecule has 0 radical (unpaired) electrons. The van der Waals surface area contributed by atoms with E-state index in [1.54, 1.807) is 10.9 Å². The van der Waals surface area contributed by atoms with Gasteiger partial charge in [0.25, 0.3) is 5.91 Å². The van der Waals surface area contributed by atoms with Crippen molar-refractivity contribution in [3.05, 3.63) is 47.3 Å². The minimum Gasteiger partial charge on any atom is -0.395 e. The number of aromatic nitrogens is 2. The van der Waals surface area contributed by atoms with Gasteiger partial charge < -0.3 is 10.4 Å². The Bertz CT molecular complexity index is 652. The van der Waals surface area contributed by atoms with Gasteiger partial charge in [-0.1, -0.05) is 38.5 Å². The molecule has 0 spiro atoms. The highest BCUT2D eigenvalue weighted by Crippen LogP contribution is 2.25. The predicted octanol–water partition coefficient (Wildman–Crippen LogP) is 2.20. The summed E-state index contributed by atoms with van der Waals surface area (Å²) in [7, 11) is 0. The van der Waals surface area contributed by atoms with E-state index in [9.17, 15) is 4.79 Å². The number of amides is 1. The Hall–Kier alpha value is -2.14. The lowest BCUT2D eigenvalue weighted by atomic mass is 9.89.